The van der Waals surface area contributed by atoms with Gasteiger partial charge in [0.25, 0.3) is 0 Å². The van der Waals surface area contributed by atoms with Gasteiger partial charge < -0.3 is 8.80 Å². The summed E-state index contributed by atoms with van der Waals surface area (Å²) in [6, 6.07) is 0. The normalized spacial score (nSPS) is 13.4. The van der Waals surface area contributed by atoms with Crippen molar-refractivity contribution in [2.45, 2.75) is 13.0 Å². The van der Waals surface area contributed by atoms with Gasteiger partial charge >= 0.3 is 0 Å². The van der Waals surface area contributed by atoms with Crippen LogP contribution < -0.4 is 5.73 Å². The second-order valence-corrected chi connectivity index (χ2v) is 1.64. The maximum atomic E-state index is 10.0. The number of hydrogen-bond donors (Lipinski definition) is 1. The molecule has 0 spiro atoms. The van der Waals surface area contributed by atoms with Crippen LogP contribution in [0.3, 0.4) is 0 Å². The molecule has 7 heavy (non-hydrogen) atoms. The lowest BCUT2D eigenvalue weighted by Gasteiger charge is -1.97. The van der Waals surface area contributed by atoms with Gasteiger partial charge in [-0.05, 0) is 6.92 Å². The maximum Gasteiger partial charge on any atom is 0.247 e. The molecular formula is C3H6INO2. The quantitative estimate of drug-likeness (QED) is 0.670. The van der Waals surface area contributed by atoms with Crippen LogP contribution in [0.4, 0.5) is 0 Å². The first kappa shape index (κ1) is 7.16. The monoisotopic (exact) mass is 215 g/mol. The molecular weight excluding hydrogens is 209 g/mol. The average molecular weight is 215 g/mol. The van der Waals surface area contributed by atoms with Crippen molar-refractivity contribution in [2.75, 3.05) is 0 Å². The van der Waals surface area contributed by atoms with E-state index in [4.69, 9.17) is 5.73 Å². The van der Waals surface area contributed by atoms with Gasteiger partial charge in [-0.15, -0.1) is 0 Å². The first-order valence-corrected chi connectivity index (χ1v) is 2.63. The Morgan fingerprint density at radius 1 is 2.00 bits per heavy atom. The minimum atomic E-state index is -0.472. The van der Waals surface area contributed by atoms with Gasteiger partial charge in [0.2, 0.25) is 5.91 Å². The zero-order valence-electron chi connectivity index (χ0n) is 3.85. The minimum absolute atomic E-state index is 0.436. The zero-order valence-corrected chi connectivity index (χ0v) is 6.01. The van der Waals surface area contributed by atoms with Crippen LogP contribution in [-0.4, -0.2) is 12.0 Å². The molecule has 0 aromatic carbocycles. The molecule has 0 radical (unpaired) electrons. The standard InChI is InChI=1S/C3H6INO2/c1-2(7-4)3(5)6/h2H,1H3,(H2,5,6)/t2-/m1/s1. The number of carbonyl (C=O) groups is 1. The van der Waals surface area contributed by atoms with Crippen molar-refractivity contribution < 1.29 is 7.86 Å². The Morgan fingerprint density at radius 3 is 2.43 bits per heavy atom. The highest BCUT2D eigenvalue weighted by Gasteiger charge is 2.04. The minimum Gasteiger partial charge on any atom is -0.367 e. The molecule has 3 nitrogen and oxygen atoms in total. The second kappa shape index (κ2) is 3.20. The number of hydrogen-bond acceptors (Lipinski definition) is 2. The summed E-state index contributed by atoms with van der Waals surface area (Å²) in [4.78, 5) is 10.0. The van der Waals surface area contributed by atoms with Gasteiger partial charge in [0, 0.05) is 0 Å². The average Bonchev–Trinajstić information content (AvgIpc) is 1.65. The van der Waals surface area contributed by atoms with E-state index in [0.717, 1.165) is 0 Å². The molecule has 4 heteroatoms. The van der Waals surface area contributed by atoms with Crippen molar-refractivity contribution in [1.82, 2.24) is 0 Å². The third-order valence-corrected chi connectivity index (χ3v) is 1.30. The van der Waals surface area contributed by atoms with E-state index in [1.807, 2.05) is 0 Å². The Bertz CT molecular complexity index is 75.3. The Morgan fingerprint density at radius 2 is 2.43 bits per heavy atom. The third-order valence-electron chi connectivity index (χ3n) is 0.534. The van der Waals surface area contributed by atoms with E-state index in [1.165, 1.54) is 0 Å². The summed E-state index contributed by atoms with van der Waals surface area (Å²) in [5.41, 5.74) is 4.78. The second-order valence-electron chi connectivity index (χ2n) is 1.13. The van der Waals surface area contributed by atoms with E-state index < -0.39 is 12.0 Å². The van der Waals surface area contributed by atoms with E-state index in [1.54, 1.807) is 29.9 Å². The van der Waals surface area contributed by atoms with Crippen molar-refractivity contribution >= 4 is 28.9 Å². The van der Waals surface area contributed by atoms with Crippen LogP contribution in [0.2, 0.25) is 0 Å². The highest BCUT2D eigenvalue weighted by molar-refractivity contribution is 14.1. The van der Waals surface area contributed by atoms with Crippen LogP contribution in [0.5, 0.6) is 0 Å². The molecule has 0 saturated heterocycles. The predicted molar refractivity (Wildman–Crippen MR) is 33.8 cm³/mol. The van der Waals surface area contributed by atoms with Crippen LogP contribution in [0.15, 0.2) is 0 Å². The van der Waals surface area contributed by atoms with Crippen LogP contribution in [0.25, 0.3) is 0 Å². The lowest BCUT2D eigenvalue weighted by Crippen LogP contribution is -2.25. The summed E-state index contributed by atoms with van der Waals surface area (Å²) in [7, 11) is 0. The van der Waals surface area contributed by atoms with E-state index in [9.17, 15) is 4.79 Å². The SMILES string of the molecule is C[C@@H](OI)C(N)=O. The maximum absolute atomic E-state index is 10.0. The molecule has 0 aliphatic rings. The Labute approximate surface area is 55.9 Å². The Hall–Kier alpha value is 0.160. The summed E-state index contributed by atoms with van der Waals surface area (Å²) in [5, 5.41) is 0. The highest BCUT2D eigenvalue weighted by atomic mass is 127. The largest absolute Gasteiger partial charge is 0.367 e. The Kier molecular flexibility index (Phi) is 3.27. The molecule has 0 unspecified atom stereocenters. The Balaban J connectivity index is 3.34. The highest BCUT2D eigenvalue weighted by Crippen LogP contribution is 1.93. The van der Waals surface area contributed by atoms with Gasteiger partial charge in [-0.1, -0.05) is 0 Å². The molecule has 0 aliphatic carbocycles. The van der Waals surface area contributed by atoms with Gasteiger partial charge in [0.05, 0.1) is 0 Å². The van der Waals surface area contributed by atoms with Crippen molar-refractivity contribution in [3.63, 3.8) is 0 Å². The molecule has 42 valence electrons. The summed E-state index contributed by atoms with van der Waals surface area (Å²) in [5.74, 6) is -0.436. The molecule has 0 bridgehead atoms. The fourth-order valence-corrected chi connectivity index (χ4v) is 0.295. The van der Waals surface area contributed by atoms with Gasteiger partial charge in [0.15, 0.2) is 0 Å². The van der Waals surface area contributed by atoms with Crippen LogP contribution in [0, 0.1) is 0 Å². The summed E-state index contributed by atoms with van der Waals surface area (Å²) >= 11 is 1.63. The van der Waals surface area contributed by atoms with Crippen LogP contribution in [0.1, 0.15) is 6.92 Å². The molecule has 0 rings (SSSR count). The number of primary amides is 1. The van der Waals surface area contributed by atoms with Gasteiger partial charge in [-0.2, -0.15) is 0 Å². The van der Waals surface area contributed by atoms with Crippen LogP contribution in [-0.2, 0) is 7.86 Å². The summed E-state index contributed by atoms with van der Waals surface area (Å²) in [6.45, 7) is 1.59. The third kappa shape index (κ3) is 2.81. The van der Waals surface area contributed by atoms with Crippen molar-refractivity contribution in [2.24, 2.45) is 5.73 Å². The van der Waals surface area contributed by atoms with Crippen molar-refractivity contribution in [3.8, 4) is 0 Å². The van der Waals surface area contributed by atoms with Crippen LogP contribution >= 0.6 is 23.0 Å². The molecule has 0 heterocycles. The number of nitrogens with two attached hydrogens (primary N) is 1. The first-order valence-electron chi connectivity index (χ1n) is 1.75. The molecule has 1 atom stereocenters. The fraction of sp³-hybridized carbons (Fsp3) is 0.667. The van der Waals surface area contributed by atoms with E-state index in [2.05, 4.69) is 3.07 Å². The summed E-state index contributed by atoms with van der Waals surface area (Å²) in [6.07, 6.45) is -0.472. The molecule has 0 aromatic heterocycles. The number of amides is 1. The topological polar surface area (TPSA) is 52.3 Å². The number of rotatable bonds is 2. The van der Waals surface area contributed by atoms with Gasteiger partial charge in [-0.3, -0.25) is 4.79 Å². The lowest BCUT2D eigenvalue weighted by molar-refractivity contribution is -0.122. The predicted octanol–water partition coefficient (Wildman–Crippen LogP) is 0.227. The number of halogens is 1. The molecule has 0 aromatic rings. The zero-order chi connectivity index (χ0) is 5.86. The fourth-order valence-electron chi connectivity index (χ4n) is 0.0439. The smallest absolute Gasteiger partial charge is 0.247 e. The molecule has 1 amide bonds. The van der Waals surface area contributed by atoms with E-state index in [0.29, 0.717) is 0 Å². The molecule has 2 N–H and O–H groups in total. The lowest BCUT2D eigenvalue weighted by atomic mass is 10.4. The van der Waals surface area contributed by atoms with E-state index >= 15 is 0 Å². The molecule has 0 fully saturated rings. The number of carbonyl (C=O) groups excluding carboxylic acids is 1. The molecule has 0 aliphatic heterocycles. The van der Waals surface area contributed by atoms with Gasteiger partial charge in [-0.25, -0.2) is 0 Å². The van der Waals surface area contributed by atoms with Gasteiger partial charge in [0.1, 0.15) is 29.1 Å². The molecule has 0 saturated carbocycles. The summed E-state index contributed by atoms with van der Waals surface area (Å²) < 4.78 is 4.51. The van der Waals surface area contributed by atoms with E-state index in [-0.39, 0.29) is 0 Å². The van der Waals surface area contributed by atoms with Crippen molar-refractivity contribution in [3.05, 3.63) is 0 Å². The van der Waals surface area contributed by atoms with Crippen molar-refractivity contribution in [1.29, 1.82) is 0 Å². The first-order chi connectivity index (χ1) is 3.18.